The number of nitrogens with one attached hydrogen (secondary N) is 3. The Bertz CT molecular complexity index is 1350. The molecule has 8 nitrogen and oxygen atoms in total. The van der Waals surface area contributed by atoms with E-state index in [1.54, 1.807) is 32.7 Å². The van der Waals surface area contributed by atoms with Gasteiger partial charge in [0, 0.05) is 36.5 Å². The van der Waals surface area contributed by atoms with Crippen LogP contribution in [0.5, 0.6) is 11.5 Å². The van der Waals surface area contributed by atoms with E-state index < -0.39 is 0 Å². The van der Waals surface area contributed by atoms with E-state index in [4.69, 9.17) is 21.1 Å². The summed E-state index contributed by atoms with van der Waals surface area (Å²) in [4.78, 5) is 25.3. The lowest BCUT2D eigenvalue weighted by molar-refractivity contribution is 0.0947. The van der Waals surface area contributed by atoms with Gasteiger partial charge >= 0.3 is 0 Å². The number of fused-ring (bicyclic) bond motifs is 2. The minimum Gasteiger partial charge on any atom is -0.495 e. The Labute approximate surface area is 188 Å². The van der Waals surface area contributed by atoms with E-state index in [1.807, 2.05) is 24.3 Å². The smallest absolute Gasteiger partial charge is 0.255 e. The molecular weight excluding hydrogens is 430 g/mol. The molecule has 1 aliphatic heterocycles. The maximum Gasteiger partial charge on any atom is 0.255 e. The largest absolute Gasteiger partial charge is 0.495 e. The number of halogens is 1. The molecule has 32 heavy (non-hydrogen) atoms. The van der Waals surface area contributed by atoms with Crippen molar-refractivity contribution in [2.75, 3.05) is 26.1 Å². The van der Waals surface area contributed by atoms with Crippen LogP contribution in [0.2, 0.25) is 5.02 Å². The summed E-state index contributed by atoms with van der Waals surface area (Å²) in [5.74, 6) is 0.966. The number of rotatable bonds is 5. The fourth-order valence-corrected chi connectivity index (χ4v) is 4.23. The van der Waals surface area contributed by atoms with Gasteiger partial charge in [-0.1, -0.05) is 17.7 Å². The van der Waals surface area contributed by atoms with E-state index >= 15 is 0 Å². The second-order valence-electron chi connectivity index (χ2n) is 7.28. The number of carbonyl (C=O) groups is 1. The Kier molecular flexibility index (Phi) is 5.07. The van der Waals surface area contributed by atoms with E-state index in [-0.39, 0.29) is 5.91 Å². The first-order valence-corrected chi connectivity index (χ1v) is 10.4. The van der Waals surface area contributed by atoms with Crippen molar-refractivity contribution in [1.82, 2.24) is 20.3 Å². The molecule has 0 radical (unpaired) electrons. The first kappa shape index (κ1) is 20.1. The maximum absolute atomic E-state index is 12.8. The van der Waals surface area contributed by atoms with Crippen LogP contribution in [0.3, 0.4) is 0 Å². The molecule has 0 aliphatic carbocycles. The van der Waals surface area contributed by atoms with E-state index in [1.165, 1.54) is 0 Å². The summed E-state index contributed by atoms with van der Waals surface area (Å²) in [7, 11) is 3.14. The van der Waals surface area contributed by atoms with Crippen LogP contribution in [-0.2, 0) is 6.42 Å². The minimum absolute atomic E-state index is 0.148. The predicted molar refractivity (Wildman–Crippen MR) is 123 cm³/mol. The number of benzene rings is 1. The fourth-order valence-electron chi connectivity index (χ4n) is 3.98. The molecule has 0 spiro atoms. The van der Waals surface area contributed by atoms with E-state index in [2.05, 4.69) is 25.6 Å². The topological polar surface area (TPSA) is 101 Å². The van der Waals surface area contributed by atoms with Crippen LogP contribution in [-0.4, -0.2) is 41.6 Å². The standard InChI is InChI=1S/C23H20ClN5O3/c1-31-12-10-17-19(27-11-12)13(6-8-25-17)20-21(18-15(28-20)7-9-26-23(18)30)29-16-5-3-4-14(24)22(16)32-2/h3-6,8,10-11,28-29H,7,9H2,1-2H3,(H,26,30). The zero-order chi connectivity index (χ0) is 22.2. The molecule has 4 aromatic rings. The number of anilines is 2. The predicted octanol–water partition coefficient (Wildman–Crippen LogP) is 4.33. The molecular formula is C23H20ClN5O3. The molecule has 9 heteroatoms. The Morgan fingerprint density at radius 1 is 1.16 bits per heavy atom. The molecule has 0 unspecified atom stereocenters. The van der Waals surface area contributed by atoms with Crippen LogP contribution in [0, 0.1) is 0 Å². The molecule has 0 atom stereocenters. The normalized spacial score (nSPS) is 12.9. The van der Waals surface area contributed by atoms with Gasteiger partial charge in [0.15, 0.2) is 5.75 Å². The summed E-state index contributed by atoms with van der Waals surface area (Å²) >= 11 is 6.32. The number of aromatic nitrogens is 3. The lowest BCUT2D eigenvalue weighted by atomic mass is 10.0. The van der Waals surface area contributed by atoms with Crippen LogP contribution in [0.25, 0.3) is 22.3 Å². The molecule has 0 bridgehead atoms. The lowest BCUT2D eigenvalue weighted by Gasteiger charge is -2.17. The first-order chi connectivity index (χ1) is 15.6. The highest BCUT2D eigenvalue weighted by molar-refractivity contribution is 6.32. The molecule has 3 aromatic heterocycles. The second kappa shape index (κ2) is 8.05. The Morgan fingerprint density at radius 2 is 2.03 bits per heavy atom. The monoisotopic (exact) mass is 449 g/mol. The molecule has 1 amide bonds. The zero-order valence-electron chi connectivity index (χ0n) is 17.5. The molecule has 3 N–H and O–H groups in total. The highest BCUT2D eigenvalue weighted by atomic mass is 35.5. The number of pyridine rings is 2. The van der Waals surface area contributed by atoms with E-state index in [9.17, 15) is 4.79 Å². The molecule has 0 saturated heterocycles. The highest BCUT2D eigenvalue weighted by Crippen LogP contribution is 2.42. The van der Waals surface area contributed by atoms with Gasteiger partial charge in [-0.3, -0.25) is 14.8 Å². The van der Waals surface area contributed by atoms with Crippen molar-refractivity contribution in [3.8, 4) is 22.8 Å². The number of carbonyl (C=O) groups excluding carboxylic acids is 1. The van der Waals surface area contributed by atoms with E-state index in [0.29, 0.717) is 57.5 Å². The Morgan fingerprint density at radius 3 is 2.84 bits per heavy atom. The minimum atomic E-state index is -0.148. The highest BCUT2D eigenvalue weighted by Gasteiger charge is 2.28. The van der Waals surface area contributed by atoms with E-state index in [0.717, 1.165) is 17.0 Å². The Hall–Kier alpha value is -3.78. The van der Waals surface area contributed by atoms with Crippen molar-refractivity contribution < 1.29 is 14.3 Å². The molecule has 0 fully saturated rings. The van der Waals surface area contributed by atoms with Crippen LogP contribution >= 0.6 is 11.6 Å². The van der Waals surface area contributed by atoms with Crippen molar-refractivity contribution >= 4 is 39.9 Å². The number of H-pyrrole nitrogens is 1. The SMILES string of the molecule is COc1cnc2c(-c3[nH]c4c(c3Nc3cccc(Cl)c3OC)C(=O)NCC4)ccnc2c1. The van der Waals surface area contributed by atoms with Gasteiger partial charge in [-0.05, 0) is 18.2 Å². The quantitative estimate of drug-likeness (QED) is 0.419. The summed E-state index contributed by atoms with van der Waals surface area (Å²) < 4.78 is 10.8. The van der Waals surface area contributed by atoms with Gasteiger partial charge in [-0.25, -0.2) is 0 Å². The zero-order valence-corrected chi connectivity index (χ0v) is 18.2. The summed E-state index contributed by atoms with van der Waals surface area (Å²) in [6, 6.07) is 9.12. The van der Waals surface area contributed by atoms with Crippen molar-refractivity contribution in [2.24, 2.45) is 0 Å². The number of methoxy groups -OCH3 is 2. The molecule has 1 aromatic carbocycles. The van der Waals surface area contributed by atoms with Gasteiger partial charge in [0.05, 0.1) is 59.1 Å². The number of hydrogen-bond acceptors (Lipinski definition) is 6. The van der Waals surface area contributed by atoms with Crippen molar-refractivity contribution in [3.63, 3.8) is 0 Å². The van der Waals surface area contributed by atoms with Crippen molar-refractivity contribution in [1.29, 1.82) is 0 Å². The maximum atomic E-state index is 12.8. The number of ether oxygens (including phenoxy) is 2. The third kappa shape index (κ3) is 3.29. The van der Waals surface area contributed by atoms with Gasteiger partial charge in [0.25, 0.3) is 5.91 Å². The average Bonchev–Trinajstić information content (AvgIpc) is 3.17. The van der Waals surface area contributed by atoms with Gasteiger partial charge in [-0.15, -0.1) is 0 Å². The van der Waals surface area contributed by atoms with Gasteiger partial charge in [0.1, 0.15) is 5.75 Å². The number of para-hydroxylation sites is 1. The number of nitrogens with zero attached hydrogens (tertiary/aromatic N) is 2. The summed E-state index contributed by atoms with van der Waals surface area (Å²) in [5.41, 5.74) is 5.61. The second-order valence-corrected chi connectivity index (χ2v) is 7.69. The summed E-state index contributed by atoms with van der Waals surface area (Å²) in [6.07, 6.45) is 4.05. The van der Waals surface area contributed by atoms with Crippen LogP contribution in [0.1, 0.15) is 16.1 Å². The number of amides is 1. The third-order valence-corrected chi connectivity index (χ3v) is 5.75. The third-order valence-electron chi connectivity index (χ3n) is 5.45. The van der Waals surface area contributed by atoms with Gasteiger partial charge in [-0.2, -0.15) is 0 Å². The number of aromatic amines is 1. The van der Waals surface area contributed by atoms with Gasteiger partial charge in [0.2, 0.25) is 0 Å². The Balaban J connectivity index is 1.74. The first-order valence-electron chi connectivity index (χ1n) is 10.0. The summed E-state index contributed by atoms with van der Waals surface area (Å²) in [5, 5.41) is 6.77. The van der Waals surface area contributed by atoms with Gasteiger partial charge < -0.3 is 25.1 Å². The van der Waals surface area contributed by atoms with Crippen molar-refractivity contribution in [3.05, 3.63) is 59.0 Å². The van der Waals surface area contributed by atoms with Crippen molar-refractivity contribution in [2.45, 2.75) is 6.42 Å². The molecule has 4 heterocycles. The molecule has 0 saturated carbocycles. The van der Waals surface area contributed by atoms with Crippen LogP contribution in [0.4, 0.5) is 11.4 Å². The number of hydrogen-bond donors (Lipinski definition) is 3. The lowest BCUT2D eigenvalue weighted by Crippen LogP contribution is -2.31. The summed E-state index contributed by atoms with van der Waals surface area (Å²) in [6.45, 7) is 0.568. The molecule has 5 rings (SSSR count). The average molecular weight is 450 g/mol. The van der Waals surface area contributed by atoms with Crippen LogP contribution in [0.15, 0.2) is 42.7 Å². The molecule has 1 aliphatic rings. The fraction of sp³-hybridized carbons (Fsp3) is 0.174. The molecule has 162 valence electrons. The van der Waals surface area contributed by atoms with Crippen LogP contribution < -0.4 is 20.1 Å².